The first-order chi connectivity index (χ1) is 9.70. The van der Waals surface area contributed by atoms with E-state index >= 15 is 0 Å². The largest absolute Gasteiger partial charge is 0.458 e. The van der Waals surface area contributed by atoms with E-state index in [9.17, 15) is 9.59 Å². The first kappa shape index (κ1) is 13.2. The van der Waals surface area contributed by atoms with Crippen LogP contribution in [0.3, 0.4) is 0 Å². The van der Waals surface area contributed by atoms with E-state index in [2.05, 4.69) is 5.32 Å². The third-order valence-corrected chi connectivity index (χ3v) is 4.38. The normalized spacial score (nSPS) is 24.4. The van der Waals surface area contributed by atoms with Crippen LogP contribution < -0.4 is 5.32 Å². The third kappa shape index (κ3) is 2.42. The highest BCUT2D eigenvalue weighted by Crippen LogP contribution is 2.44. The zero-order valence-corrected chi connectivity index (χ0v) is 11.4. The first-order valence-electron chi connectivity index (χ1n) is 7.27. The van der Waals surface area contributed by atoms with E-state index in [1.54, 1.807) is 0 Å². The maximum absolute atomic E-state index is 12.5. The molecule has 1 aromatic rings. The van der Waals surface area contributed by atoms with Gasteiger partial charge >= 0.3 is 5.97 Å². The van der Waals surface area contributed by atoms with E-state index in [-0.39, 0.29) is 24.2 Å². The number of benzene rings is 1. The molecule has 2 fully saturated rings. The lowest BCUT2D eigenvalue weighted by Gasteiger charge is -2.36. The van der Waals surface area contributed by atoms with Crippen molar-refractivity contribution in [1.29, 1.82) is 0 Å². The van der Waals surface area contributed by atoms with Crippen LogP contribution in [0.2, 0.25) is 0 Å². The highest BCUT2D eigenvalue weighted by molar-refractivity contribution is 5.97. The van der Waals surface area contributed by atoms with Gasteiger partial charge in [-0.15, -0.1) is 0 Å². The standard InChI is InChI=1S/C16H19NO3/c18-14-11-13(16(20-14)9-5-2-6-10-16)15(19)17-12-7-3-1-4-8-12/h1,3-4,7-8,13H,2,5-6,9-11H2,(H,17,19)/t13-/m0/s1. The van der Waals surface area contributed by atoms with Gasteiger partial charge in [0.2, 0.25) is 5.91 Å². The van der Waals surface area contributed by atoms with Crippen molar-refractivity contribution in [2.24, 2.45) is 5.92 Å². The van der Waals surface area contributed by atoms with Gasteiger partial charge in [-0.3, -0.25) is 9.59 Å². The van der Waals surface area contributed by atoms with Gasteiger partial charge in [-0.1, -0.05) is 24.6 Å². The minimum absolute atomic E-state index is 0.0936. The van der Waals surface area contributed by atoms with Crippen molar-refractivity contribution >= 4 is 17.6 Å². The molecular weight excluding hydrogens is 254 g/mol. The fraction of sp³-hybridized carbons (Fsp3) is 0.500. The number of carbonyl (C=O) groups excluding carboxylic acids is 2. The lowest BCUT2D eigenvalue weighted by atomic mass is 9.75. The summed E-state index contributed by atoms with van der Waals surface area (Å²) in [4.78, 5) is 24.2. The van der Waals surface area contributed by atoms with E-state index in [1.165, 1.54) is 0 Å². The minimum atomic E-state index is -0.547. The Balaban J connectivity index is 1.77. The highest BCUT2D eigenvalue weighted by atomic mass is 16.6. The Kier molecular flexibility index (Phi) is 3.47. The summed E-state index contributed by atoms with van der Waals surface area (Å²) in [7, 11) is 0. The molecule has 2 aliphatic rings. The Morgan fingerprint density at radius 1 is 1.15 bits per heavy atom. The van der Waals surface area contributed by atoms with Gasteiger partial charge in [-0.25, -0.2) is 0 Å². The van der Waals surface area contributed by atoms with Gasteiger partial charge in [0.25, 0.3) is 0 Å². The highest BCUT2D eigenvalue weighted by Gasteiger charge is 2.52. The fourth-order valence-corrected chi connectivity index (χ4v) is 3.38. The molecular formula is C16H19NO3. The SMILES string of the molecule is O=C1C[C@@H](C(=O)Nc2ccccc2)C2(CCCCC2)O1. The van der Waals surface area contributed by atoms with Crippen LogP contribution in [-0.2, 0) is 14.3 Å². The molecule has 1 amide bonds. The van der Waals surface area contributed by atoms with Crippen molar-refractivity contribution < 1.29 is 14.3 Å². The molecule has 0 bridgehead atoms. The zero-order chi connectivity index (χ0) is 14.0. The number of para-hydroxylation sites is 1. The molecule has 0 radical (unpaired) electrons. The lowest BCUT2D eigenvalue weighted by Crippen LogP contribution is -2.43. The van der Waals surface area contributed by atoms with E-state index < -0.39 is 5.60 Å². The molecule has 1 aliphatic heterocycles. The van der Waals surface area contributed by atoms with Crippen molar-refractivity contribution in [2.75, 3.05) is 5.32 Å². The number of hydrogen-bond acceptors (Lipinski definition) is 3. The van der Waals surface area contributed by atoms with Crippen LogP contribution in [0.15, 0.2) is 30.3 Å². The van der Waals surface area contributed by atoms with Gasteiger partial charge < -0.3 is 10.1 Å². The Bertz CT molecular complexity index is 506. The molecule has 1 saturated carbocycles. The second kappa shape index (κ2) is 5.27. The van der Waals surface area contributed by atoms with E-state index in [1.807, 2.05) is 30.3 Å². The summed E-state index contributed by atoms with van der Waals surface area (Å²) >= 11 is 0. The Morgan fingerprint density at radius 3 is 2.55 bits per heavy atom. The number of rotatable bonds is 2. The summed E-state index contributed by atoms with van der Waals surface area (Å²) in [5.74, 6) is -0.681. The molecule has 1 spiro atoms. The number of hydrogen-bond donors (Lipinski definition) is 1. The summed E-state index contributed by atoms with van der Waals surface area (Å²) in [5, 5.41) is 2.90. The van der Waals surface area contributed by atoms with E-state index in [4.69, 9.17) is 4.74 Å². The van der Waals surface area contributed by atoms with Crippen molar-refractivity contribution in [3.05, 3.63) is 30.3 Å². The van der Waals surface area contributed by atoms with Crippen LogP contribution in [-0.4, -0.2) is 17.5 Å². The average molecular weight is 273 g/mol. The summed E-state index contributed by atoms with van der Waals surface area (Å²) in [6.45, 7) is 0. The molecule has 106 valence electrons. The van der Waals surface area contributed by atoms with Crippen LogP contribution in [0.1, 0.15) is 38.5 Å². The van der Waals surface area contributed by atoms with Gasteiger partial charge in [0.1, 0.15) is 5.60 Å². The summed E-state index contributed by atoms with van der Waals surface area (Å²) in [6, 6.07) is 9.36. The number of ether oxygens (including phenoxy) is 1. The quantitative estimate of drug-likeness (QED) is 0.843. The number of nitrogens with one attached hydrogen (secondary N) is 1. The molecule has 4 heteroatoms. The van der Waals surface area contributed by atoms with Crippen LogP contribution >= 0.6 is 0 Å². The number of amides is 1. The van der Waals surface area contributed by atoms with Gasteiger partial charge in [-0.05, 0) is 37.8 Å². The van der Waals surface area contributed by atoms with Crippen LogP contribution in [0.25, 0.3) is 0 Å². The summed E-state index contributed by atoms with van der Waals surface area (Å²) in [6.07, 6.45) is 5.05. The topological polar surface area (TPSA) is 55.4 Å². The van der Waals surface area contributed by atoms with Crippen molar-refractivity contribution in [3.63, 3.8) is 0 Å². The molecule has 4 nitrogen and oxygen atoms in total. The molecule has 1 saturated heterocycles. The second-order valence-electron chi connectivity index (χ2n) is 5.71. The van der Waals surface area contributed by atoms with Gasteiger partial charge in [0.15, 0.2) is 0 Å². The fourth-order valence-electron chi connectivity index (χ4n) is 3.38. The van der Waals surface area contributed by atoms with Crippen LogP contribution in [0.4, 0.5) is 5.69 Å². The molecule has 1 aromatic carbocycles. The molecule has 1 atom stereocenters. The molecule has 20 heavy (non-hydrogen) atoms. The first-order valence-corrected chi connectivity index (χ1v) is 7.27. The van der Waals surface area contributed by atoms with Crippen molar-refractivity contribution in [1.82, 2.24) is 0 Å². The maximum atomic E-state index is 12.5. The molecule has 1 heterocycles. The smallest absolute Gasteiger partial charge is 0.307 e. The predicted octanol–water partition coefficient (Wildman–Crippen LogP) is 2.89. The minimum Gasteiger partial charge on any atom is -0.458 e. The van der Waals surface area contributed by atoms with Crippen molar-refractivity contribution in [3.8, 4) is 0 Å². The zero-order valence-electron chi connectivity index (χ0n) is 11.4. The Morgan fingerprint density at radius 2 is 1.85 bits per heavy atom. The molecule has 1 aliphatic carbocycles. The van der Waals surface area contributed by atoms with Gasteiger partial charge in [0, 0.05) is 5.69 Å². The lowest BCUT2D eigenvalue weighted by molar-refractivity contribution is -0.153. The monoisotopic (exact) mass is 273 g/mol. The Labute approximate surface area is 118 Å². The van der Waals surface area contributed by atoms with E-state index in [0.717, 1.165) is 37.8 Å². The van der Waals surface area contributed by atoms with Crippen LogP contribution in [0, 0.1) is 5.92 Å². The van der Waals surface area contributed by atoms with Crippen molar-refractivity contribution in [2.45, 2.75) is 44.1 Å². The van der Waals surface area contributed by atoms with Crippen LogP contribution in [0.5, 0.6) is 0 Å². The average Bonchev–Trinajstić information content (AvgIpc) is 2.77. The third-order valence-electron chi connectivity index (χ3n) is 4.38. The predicted molar refractivity (Wildman–Crippen MR) is 75.1 cm³/mol. The van der Waals surface area contributed by atoms with Gasteiger partial charge in [0.05, 0.1) is 12.3 Å². The molecule has 0 aromatic heterocycles. The number of anilines is 1. The second-order valence-corrected chi connectivity index (χ2v) is 5.71. The van der Waals surface area contributed by atoms with Gasteiger partial charge in [-0.2, -0.15) is 0 Å². The number of carbonyl (C=O) groups is 2. The van der Waals surface area contributed by atoms with E-state index in [0.29, 0.717) is 0 Å². The molecule has 1 N–H and O–H groups in total. The Hall–Kier alpha value is -1.84. The molecule has 0 unspecified atom stereocenters. The summed E-state index contributed by atoms with van der Waals surface area (Å²) in [5.41, 5.74) is 0.219. The number of esters is 1. The molecule has 3 rings (SSSR count). The maximum Gasteiger partial charge on any atom is 0.307 e. The summed E-state index contributed by atoms with van der Waals surface area (Å²) < 4.78 is 5.56.